The van der Waals surface area contributed by atoms with Gasteiger partial charge in [0.25, 0.3) is 0 Å². The lowest BCUT2D eigenvalue weighted by Crippen LogP contribution is -2.59. The van der Waals surface area contributed by atoms with Crippen molar-refractivity contribution in [2.75, 3.05) is 13.1 Å². The van der Waals surface area contributed by atoms with Gasteiger partial charge in [0.1, 0.15) is 0 Å². The zero-order valence-corrected chi connectivity index (χ0v) is 12.7. The molecular weight excluding hydrogens is 208 g/mol. The van der Waals surface area contributed by atoms with E-state index < -0.39 is 0 Å². The van der Waals surface area contributed by atoms with Crippen molar-refractivity contribution in [1.82, 2.24) is 10.2 Å². The third-order valence-corrected chi connectivity index (χ3v) is 4.07. The normalized spacial score (nSPS) is 28.9. The van der Waals surface area contributed by atoms with Crippen molar-refractivity contribution in [3.05, 3.63) is 0 Å². The van der Waals surface area contributed by atoms with Crippen molar-refractivity contribution in [2.45, 2.75) is 72.5 Å². The first-order chi connectivity index (χ1) is 7.95. The van der Waals surface area contributed by atoms with Crippen LogP contribution in [0.25, 0.3) is 0 Å². The molecule has 0 spiro atoms. The van der Waals surface area contributed by atoms with Crippen LogP contribution in [-0.2, 0) is 0 Å². The summed E-state index contributed by atoms with van der Waals surface area (Å²) in [4.78, 5) is 2.74. The molecule has 0 radical (unpaired) electrons. The van der Waals surface area contributed by atoms with Crippen molar-refractivity contribution in [2.24, 2.45) is 11.8 Å². The summed E-state index contributed by atoms with van der Waals surface area (Å²) < 4.78 is 0. The Morgan fingerprint density at radius 2 is 1.88 bits per heavy atom. The van der Waals surface area contributed by atoms with Crippen LogP contribution in [0.4, 0.5) is 0 Å². The number of nitrogens with zero attached hydrogens (tertiary/aromatic N) is 1. The van der Waals surface area contributed by atoms with Gasteiger partial charge in [-0.2, -0.15) is 0 Å². The maximum atomic E-state index is 3.71. The number of hydrogen-bond donors (Lipinski definition) is 1. The Kier molecular flexibility index (Phi) is 5.94. The second kappa shape index (κ2) is 6.75. The van der Waals surface area contributed by atoms with E-state index in [-0.39, 0.29) is 0 Å². The standard InChI is InChI=1S/C15H32N2/c1-7-15(12(4)5)17-10-14(8-11(2)3)16-9-13(17)6/h11-16H,7-10H2,1-6H3. The van der Waals surface area contributed by atoms with Crippen LogP contribution >= 0.6 is 0 Å². The predicted molar refractivity (Wildman–Crippen MR) is 76.3 cm³/mol. The molecule has 1 aliphatic heterocycles. The molecule has 2 heteroatoms. The molecule has 17 heavy (non-hydrogen) atoms. The molecule has 102 valence electrons. The van der Waals surface area contributed by atoms with E-state index in [0.29, 0.717) is 12.1 Å². The fourth-order valence-corrected chi connectivity index (χ4v) is 3.23. The van der Waals surface area contributed by atoms with Gasteiger partial charge in [-0.3, -0.25) is 4.90 Å². The van der Waals surface area contributed by atoms with Gasteiger partial charge in [0.05, 0.1) is 0 Å². The van der Waals surface area contributed by atoms with Gasteiger partial charge in [0.2, 0.25) is 0 Å². The van der Waals surface area contributed by atoms with E-state index in [4.69, 9.17) is 0 Å². The molecule has 0 aromatic heterocycles. The first-order valence-corrected chi connectivity index (χ1v) is 7.44. The Hall–Kier alpha value is -0.0800. The maximum absolute atomic E-state index is 3.71. The van der Waals surface area contributed by atoms with Gasteiger partial charge in [-0.1, -0.05) is 34.6 Å². The molecule has 0 aliphatic carbocycles. The highest BCUT2D eigenvalue weighted by Crippen LogP contribution is 2.21. The molecule has 0 aromatic carbocycles. The first-order valence-electron chi connectivity index (χ1n) is 7.44. The van der Waals surface area contributed by atoms with E-state index in [1.165, 1.54) is 19.4 Å². The lowest BCUT2D eigenvalue weighted by atomic mass is 9.94. The molecule has 0 saturated carbocycles. The zero-order valence-electron chi connectivity index (χ0n) is 12.7. The average molecular weight is 240 g/mol. The van der Waals surface area contributed by atoms with Gasteiger partial charge in [-0.05, 0) is 31.6 Å². The summed E-state index contributed by atoms with van der Waals surface area (Å²) in [5, 5.41) is 3.71. The Morgan fingerprint density at radius 3 is 2.35 bits per heavy atom. The summed E-state index contributed by atoms with van der Waals surface area (Å²) in [5.41, 5.74) is 0. The van der Waals surface area contributed by atoms with Crippen molar-refractivity contribution in [3.8, 4) is 0 Å². The Balaban J connectivity index is 2.61. The SMILES string of the molecule is CCC(C(C)C)N1CC(CC(C)C)NCC1C. The smallest absolute Gasteiger partial charge is 0.0198 e. The highest BCUT2D eigenvalue weighted by molar-refractivity contribution is 4.88. The Bertz CT molecular complexity index is 213. The summed E-state index contributed by atoms with van der Waals surface area (Å²) in [6.45, 7) is 16.4. The third kappa shape index (κ3) is 4.26. The summed E-state index contributed by atoms with van der Waals surface area (Å²) in [6.07, 6.45) is 2.58. The van der Waals surface area contributed by atoms with E-state index in [1.807, 2.05) is 0 Å². The molecule has 1 heterocycles. The summed E-state index contributed by atoms with van der Waals surface area (Å²) in [6, 6.07) is 2.13. The Labute approximate surface area is 108 Å². The monoisotopic (exact) mass is 240 g/mol. The van der Waals surface area contributed by atoms with Gasteiger partial charge in [-0.15, -0.1) is 0 Å². The molecule has 3 unspecified atom stereocenters. The lowest BCUT2D eigenvalue weighted by molar-refractivity contribution is 0.0598. The molecular formula is C15H32N2. The van der Waals surface area contributed by atoms with Gasteiger partial charge >= 0.3 is 0 Å². The van der Waals surface area contributed by atoms with E-state index in [9.17, 15) is 0 Å². The number of nitrogens with one attached hydrogen (secondary N) is 1. The van der Waals surface area contributed by atoms with Crippen LogP contribution in [-0.4, -0.2) is 36.1 Å². The van der Waals surface area contributed by atoms with Crippen LogP contribution in [0.5, 0.6) is 0 Å². The number of hydrogen-bond acceptors (Lipinski definition) is 2. The average Bonchev–Trinajstić information content (AvgIpc) is 2.22. The molecule has 1 saturated heterocycles. The van der Waals surface area contributed by atoms with Gasteiger partial charge in [-0.25, -0.2) is 0 Å². The maximum Gasteiger partial charge on any atom is 0.0198 e. The van der Waals surface area contributed by atoms with Crippen LogP contribution in [0.2, 0.25) is 0 Å². The summed E-state index contributed by atoms with van der Waals surface area (Å²) in [7, 11) is 0. The topological polar surface area (TPSA) is 15.3 Å². The Morgan fingerprint density at radius 1 is 1.24 bits per heavy atom. The zero-order chi connectivity index (χ0) is 13.0. The third-order valence-electron chi connectivity index (χ3n) is 4.07. The lowest BCUT2D eigenvalue weighted by Gasteiger charge is -2.45. The minimum atomic E-state index is 0.686. The van der Waals surface area contributed by atoms with E-state index in [1.54, 1.807) is 0 Å². The summed E-state index contributed by atoms with van der Waals surface area (Å²) in [5.74, 6) is 1.56. The largest absolute Gasteiger partial charge is 0.311 e. The highest BCUT2D eigenvalue weighted by Gasteiger charge is 2.30. The quantitative estimate of drug-likeness (QED) is 0.794. The predicted octanol–water partition coefficient (Wildman–Crippen LogP) is 3.13. The molecule has 0 bridgehead atoms. The van der Waals surface area contributed by atoms with Crippen molar-refractivity contribution >= 4 is 0 Å². The highest BCUT2D eigenvalue weighted by atomic mass is 15.3. The number of rotatable bonds is 5. The molecule has 3 atom stereocenters. The molecule has 0 amide bonds. The van der Waals surface area contributed by atoms with Crippen LogP contribution < -0.4 is 5.32 Å². The van der Waals surface area contributed by atoms with E-state index >= 15 is 0 Å². The van der Waals surface area contributed by atoms with Crippen molar-refractivity contribution in [1.29, 1.82) is 0 Å². The fourth-order valence-electron chi connectivity index (χ4n) is 3.23. The van der Waals surface area contributed by atoms with Crippen LogP contribution in [0.1, 0.15) is 54.4 Å². The van der Waals surface area contributed by atoms with Crippen LogP contribution in [0.3, 0.4) is 0 Å². The van der Waals surface area contributed by atoms with Gasteiger partial charge in [0.15, 0.2) is 0 Å². The van der Waals surface area contributed by atoms with Crippen LogP contribution in [0, 0.1) is 11.8 Å². The van der Waals surface area contributed by atoms with Crippen molar-refractivity contribution < 1.29 is 0 Å². The first kappa shape index (κ1) is 15.0. The minimum Gasteiger partial charge on any atom is -0.311 e. The number of piperazine rings is 1. The minimum absolute atomic E-state index is 0.686. The second-order valence-corrected chi connectivity index (χ2v) is 6.50. The van der Waals surface area contributed by atoms with Gasteiger partial charge in [0, 0.05) is 31.2 Å². The molecule has 1 rings (SSSR count). The second-order valence-electron chi connectivity index (χ2n) is 6.50. The molecule has 1 aliphatic rings. The molecule has 1 N–H and O–H groups in total. The molecule has 2 nitrogen and oxygen atoms in total. The van der Waals surface area contributed by atoms with E-state index in [0.717, 1.165) is 24.4 Å². The fraction of sp³-hybridized carbons (Fsp3) is 1.00. The van der Waals surface area contributed by atoms with Gasteiger partial charge < -0.3 is 5.32 Å². The van der Waals surface area contributed by atoms with Crippen LogP contribution in [0.15, 0.2) is 0 Å². The molecule has 1 fully saturated rings. The molecule has 0 aromatic rings. The van der Waals surface area contributed by atoms with Crippen molar-refractivity contribution in [3.63, 3.8) is 0 Å². The summed E-state index contributed by atoms with van der Waals surface area (Å²) >= 11 is 0. The van der Waals surface area contributed by atoms with E-state index in [2.05, 4.69) is 51.8 Å².